The maximum Gasteiger partial charge on any atom is 0.416 e. The van der Waals surface area contributed by atoms with Crippen LogP contribution in [-0.4, -0.2) is 44.8 Å². The van der Waals surface area contributed by atoms with Gasteiger partial charge in [-0.2, -0.15) is 13.2 Å². The SMILES string of the molecule is CNC(c1ccc(C(F)(F)F)cc1C)C1CN(C)CCO1. The maximum atomic E-state index is 12.7. The van der Waals surface area contributed by atoms with Crippen LogP contribution in [0.15, 0.2) is 18.2 Å². The first kappa shape index (κ1) is 16.3. The predicted octanol–water partition coefficient (Wildman–Crippen LogP) is 2.60. The zero-order chi connectivity index (χ0) is 15.6. The van der Waals surface area contributed by atoms with Gasteiger partial charge in [-0.25, -0.2) is 0 Å². The Bertz CT molecular complexity index is 490. The first-order chi connectivity index (χ1) is 9.82. The molecular weight excluding hydrogens is 281 g/mol. The topological polar surface area (TPSA) is 24.5 Å². The molecule has 0 aromatic heterocycles. The van der Waals surface area contributed by atoms with Crippen molar-refractivity contribution in [1.82, 2.24) is 10.2 Å². The Morgan fingerprint density at radius 2 is 2.10 bits per heavy atom. The molecule has 2 rings (SSSR count). The normalized spacial score (nSPS) is 22.3. The first-order valence-electron chi connectivity index (χ1n) is 6.98. The molecule has 1 heterocycles. The Labute approximate surface area is 123 Å². The molecule has 0 amide bonds. The zero-order valence-electron chi connectivity index (χ0n) is 12.5. The predicted molar refractivity (Wildman–Crippen MR) is 75.2 cm³/mol. The van der Waals surface area contributed by atoms with Gasteiger partial charge in [0.15, 0.2) is 0 Å². The van der Waals surface area contributed by atoms with Crippen molar-refractivity contribution in [3.05, 3.63) is 34.9 Å². The Kier molecular flexibility index (Phi) is 4.91. The fourth-order valence-corrected chi connectivity index (χ4v) is 2.76. The number of nitrogens with one attached hydrogen (secondary N) is 1. The number of morpholine rings is 1. The number of nitrogens with zero attached hydrogens (tertiary/aromatic N) is 1. The van der Waals surface area contributed by atoms with E-state index in [2.05, 4.69) is 10.2 Å². The summed E-state index contributed by atoms with van der Waals surface area (Å²) in [6.45, 7) is 3.98. The lowest BCUT2D eigenvalue weighted by Crippen LogP contribution is -2.46. The third-order valence-corrected chi connectivity index (χ3v) is 3.91. The molecule has 0 radical (unpaired) electrons. The summed E-state index contributed by atoms with van der Waals surface area (Å²) in [7, 11) is 3.82. The van der Waals surface area contributed by atoms with Gasteiger partial charge in [-0.1, -0.05) is 6.07 Å². The van der Waals surface area contributed by atoms with E-state index in [9.17, 15) is 13.2 Å². The third kappa shape index (κ3) is 3.75. The minimum Gasteiger partial charge on any atom is -0.374 e. The largest absolute Gasteiger partial charge is 0.416 e. The standard InChI is InChI=1S/C15H21F3N2O/c1-10-8-11(15(16,17)18)4-5-12(10)14(19-2)13-9-20(3)6-7-21-13/h4-5,8,13-14,19H,6-7,9H2,1-3H3. The molecule has 1 fully saturated rings. The number of rotatable bonds is 3. The quantitative estimate of drug-likeness (QED) is 0.929. The van der Waals surface area contributed by atoms with E-state index in [4.69, 9.17) is 4.74 Å². The lowest BCUT2D eigenvalue weighted by atomic mass is 9.94. The molecule has 1 aliphatic heterocycles. The molecule has 2 atom stereocenters. The fourth-order valence-electron chi connectivity index (χ4n) is 2.76. The highest BCUT2D eigenvalue weighted by Gasteiger charge is 2.32. The number of benzene rings is 1. The van der Waals surface area contributed by atoms with E-state index in [1.54, 1.807) is 20.0 Å². The number of alkyl halides is 3. The van der Waals surface area contributed by atoms with Crippen molar-refractivity contribution in [2.75, 3.05) is 33.8 Å². The lowest BCUT2D eigenvalue weighted by molar-refractivity contribution is -0.137. The Morgan fingerprint density at radius 1 is 1.38 bits per heavy atom. The maximum absolute atomic E-state index is 12.7. The van der Waals surface area contributed by atoms with E-state index in [0.717, 1.165) is 24.7 Å². The number of hydrogen-bond donors (Lipinski definition) is 1. The number of aryl methyl sites for hydroxylation is 1. The van der Waals surface area contributed by atoms with Gasteiger partial charge < -0.3 is 15.0 Å². The van der Waals surface area contributed by atoms with Crippen molar-refractivity contribution in [3.8, 4) is 0 Å². The molecule has 1 N–H and O–H groups in total. The van der Waals surface area contributed by atoms with Crippen LogP contribution in [0.25, 0.3) is 0 Å². The molecule has 1 aromatic rings. The fraction of sp³-hybridized carbons (Fsp3) is 0.600. The minimum atomic E-state index is -4.31. The van der Waals surface area contributed by atoms with Gasteiger partial charge in [-0.15, -0.1) is 0 Å². The van der Waals surface area contributed by atoms with Crippen LogP contribution in [0.3, 0.4) is 0 Å². The van der Waals surface area contributed by atoms with E-state index in [1.807, 2.05) is 7.05 Å². The summed E-state index contributed by atoms with van der Waals surface area (Å²) in [6.07, 6.45) is -4.37. The molecule has 118 valence electrons. The smallest absolute Gasteiger partial charge is 0.374 e. The van der Waals surface area contributed by atoms with Gasteiger partial charge in [0.1, 0.15) is 0 Å². The molecule has 1 aliphatic rings. The molecule has 1 saturated heterocycles. The van der Waals surface area contributed by atoms with Gasteiger partial charge in [-0.3, -0.25) is 0 Å². The molecule has 21 heavy (non-hydrogen) atoms. The molecule has 0 spiro atoms. The summed E-state index contributed by atoms with van der Waals surface area (Å²) in [5, 5.41) is 3.17. The van der Waals surface area contributed by atoms with E-state index < -0.39 is 11.7 Å². The number of likely N-dealkylation sites (N-methyl/N-ethyl adjacent to an activating group) is 2. The van der Waals surface area contributed by atoms with E-state index in [-0.39, 0.29) is 12.1 Å². The second-order valence-corrected chi connectivity index (χ2v) is 5.51. The molecule has 0 saturated carbocycles. The van der Waals surface area contributed by atoms with Crippen molar-refractivity contribution in [3.63, 3.8) is 0 Å². The van der Waals surface area contributed by atoms with Crippen LogP contribution in [0.1, 0.15) is 22.7 Å². The summed E-state index contributed by atoms with van der Waals surface area (Å²) < 4.78 is 44.0. The van der Waals surface area contributed by atoms with Gasteiger partial charge in [0.25, 0.3) is 0 Å². The molecule has 6 heteroatoms. The summed E-state index contributed by atoms with van der Waals surface area (Å²) in [5.41, 5.74) is 0.868. The highest BCUT2D eigenvalue weighted by molar-refractivity contribution is 5.35. The molecule has 0 bridgehead atoms. The second kappa shape index (κ2) is 6.34. The van der Waals surface area contributed by atoms with Crippen LogP contribution in [0.5, 0.6) is 0 Å². The zero-order valence-corrected chi connectivity index (χ0v) is 12.5. The number of hydrogen-bond acceptors (Lipinski definition) is 3. The van der Waals surface area contributed by atoms with E-state index in [0.29, 0.717) is 12.2 Å². The Hall–Kier alpha value is -1.11. The monoisotopic (exact) mass is 302 g/mol. The highest BCUT2D eigenvalue weighted by atomic mass is 19.4. The van der Waals surface area contributed by atoms with Crippen LogP contribution < -0.4 is 5.32 Å². The van der Waals surface area contributed by atoms with Gasteiger partial charge in [-0.05, 0) is 44.3 Å². The minimum absolute atomic E-state index is 0.0656. The van der Waals surface area contributed by atoms with E-state index in [1.165, 1.54) is 6.07 Å². The Balaban J connectivity index is 2.26. The summed E-state index contributed by atoms with van der Waals surface area (Å²) in [4.78, 5) is 2.16. The lowest BCUT2D eigenvalue weighted by Gasteiger charge is -2.36. The van der Waals surface area contributed by atoms with Crippen LogP contribution in [0.4, 0.5) is 13.2 Å². The van der Waals surface area contributed by atoms with Gasteiger partial charge in [0.05, 0.1) is 24.3 Å². The van der Waals surface area contributed by atoms with E-state index >= 15 is 0 Å². The van der Waals surface area contributed by atoms with Gasteiger partial charge in [0.2, 0.25) is 0 Å². The summed E-state index contributed by atoms with van der Waals surface area (Å²) in [6, 6.07) is 3.78. The van der Waals surface area contributed by atoms with Crippen molar-refractivity contribution in [2.45, 2.75) is 25.2 Å². The van der Waals surface area contributed by atoms with Gasteiger partial charge >= 0.3 is 6.18 Å². The van der Waals surface area contributed by atoms with Crippen molar-refractivity contribution >= 4 is 0 Å². The van der Waals surface area contributed by atoms with Crippen molar-refractivity contribution in [2.24, 2.45) is 0 Å². The average molecular weight is 302 g/mol. The van der Waals surface area contributed by atoms with Gasteiger partial charge in [0, 0.05) is 13.1 Å². The molecule has 3 nitrogen and oxygen atoms in total. The van der Waals surface area contributed by atoms with Crippen molar-refractivity contribution in [1.29, 1.82) is 0 Å². The molecule has 0 aliphatic carbocycles. The third-order valence-electron chi connectivity index (χ3n) is 3.91. The number of halogens is 3. The first-order valence-corrected chi connectivity index (χ1v) is 6.98. The average Bonchev–Trinajstić information content (AvgIpc) is 2.40. The number of ether oxygens (including phenoxy) is 1. The Morgan fingerprint density at radius 3 is 2.62 bits per heavy atom. The van der Waals surface area contributed by atoms with Crippen LogP contribution in [0, 0.1) is 6.92 Å². The highest BCUT2D eigenvalue weighted by Crippen LogP contribution is 2.32. The van der Waals surface area contributed by atoms with Crippen molar-refractivity contribution < 1.29 is 17.9 Å². The second-order valence-electron chi connectivity index (χ2n) is 5.51. The van der Waals surface area contributed by atoms with Crippen LogP contribution >= 0.6 is 0 Å². The van der Waals surface area contributed by atoms with Crippen LogP contribution in [0.2, 0.25) is 0 Å². The summed E-state index contributed by atoms with van der Waals surface area (Å²) in [5.74, 6) is 0. The molecule has 1 aromatic carbocycles. The molecular formula is C15H21F3N2O. The summed E-state index contributed by atoms with van der Waals surface area (Å²) >= 11 is 0. The molecule has 2 unspecified atom stereocenters. The van der Waals surface area contributed by atoms with Crippen LogP contribution in [-0.2, 0) is 10.9 Å².